The number of nitrogens with one attached hydrogen (secondary N) is 1. The van der Waals surface area contributed by atoms with Gasteiger partial charge in [0.2, 0.25) is 0 Å². The first-order valence-corrected chi connectivity index (χ1v) is 7.03. The van der Waals surface area contributed by atoms with Gasteiger partial charge >= 0.3 is 0 Å². The van der Waals surface area contributed by atoms with Gasteiger partial charge < -0.3 is 5.32 Å². The highest BCUT2D eigenvalue weighted by atomic mass is 15.0. The maximum atomic E-state index is 9.12. The van der Waals surface area contributed by atoms with Crippen LogP contribution in [0.15, 0.2) is 30.3 Å². The molecule has 3 atom stereocenters. The number of hydrogen-bond acceptors (Lipinski definition) is 2. The highest BCUT2D eigenvalue weighted by Gasteiger charge is 2.28. The van der Waals surface area contributed by atoms with Gasteiger partial charge in [0.05, 0.1) is 12.0 Å². The lowest BCUT2D eigenvalue weighted by atomic mass is 10.00. The summed E-state index contributed by atoms with van der Waals surface area (Å²) in [6, 6.07) is 13.9. The SMILES string of the molecule is CCC(Cc1ccccc1)NC1CCCC1C#N. The molecular formula is C16H22N2. The minimum atomic E-state index is 0.217. The zero-order valence-corrected chi connectivity index (χ0v) is 11.1. The van der Waals surface area contributed by atoms with Crippen LogP contribution in [0.4, 0.5) is 0 Å². The summed E-state index contributed by atoms with van der Waals surface area (Å²) in [5.41, 5.74) is 1.38. The summed E-state index contributed by atoms with van der Waals surface area (Å²) >= 11 is 0. The Bertz CT molecular complexity index is 393. The fourth-order valence-electron chi connectivity index (χ4n) is 2.84. The van der Waals surface area contributed by atoms with Crippen molar-refractivity contribution in [2.45, 2.75) is 51.1 Å². The maximum absolute atomic E-state index is 9.12. The van der Waals surface area contributed by atoms with Crippen molar-refractivity contribution in [1.82, 2.24) is 5.32 Å². The number of nitriles is 1. The average Bonchev–Trinajstić information content (AvgIpc) is 2.86. The molecule has 1 saturated carbocycles. The van der Waals surface area contributed by atoms with E-state index in [1.165, 1.54) is 12.0 Å². The van der Waals surface area contributed by atoms with Gasteiger partial charge in [0.1, 0.15) is 0 Å². The summed E-state index contributed by atoms with van der Waals surface area (Å²) in [5.74, 6) is 0.217. The van der Waals surface area contributed by atoms with E-state index in [-0.39, 0.29) is 5.92 Å². The van der Waals surface area contributed by atoms with Gasteiger partial charge in [0.15, 0.2) is 0 Å². The lowest BCUT2D eigenvalue weighted by Gasteiger charge is -2.23. The molecule has 96 valence electrons. The summed E-state index contributed by atoms with van der Waals surface area (Å²) in [7, 11) is 0. The minimum absolute atomic E-state index is 0.217. The molecule has 2 nitrogen and oxygen atoms in total. The van der Waals surface area contributed by atoms with E-state index < -0.39 is 0 Å². The number of benzene rings is 1. The number of hydrogen-bond donors (Lipinski definition) is 1. The minimum Gasteiger partial charge on any atom is -0.310 e. The molecular weight excluding hydrogens is 220 g/mol. The van der Waals surface area contributed by atoms with E-state index in [4.69, 9.17) is 5.26 Å². The molecule has 1 aromatic rings. The normalized spacial score (nSPS) is 24.7. The quantitative estimate of drug-likeness (QED) is 0.860. The summed E-state index contributed by atoms with van der Waals surface area (Å²) in [5, 5.41) is 12.8. The van der Waals surface area contributed by atoms with Gasteiger partial charge in [-0.05, 0) is 31.2 Å². The van der Waals surface area contributed by atoms with Crippen molar-refractivity contribution in [3.8, 4) is 6.07 Å². The van der Waals surface area contributed by atoms with Gasteiger partial charge in [-0.3, -0.25) is 0 Å². The topological polar surface area (TPSA) is 35.8 Å². The first-order chi connectivity index (χ1) is 8.83. The Balaban J connectivity index is 1.92. The van der Waals surface area contributed by atoms with Crippen molar-refractivity contribution in [3.05, 3.63) is 35.9 Å². The fraction of sp³-hybridized carbons (Fsp3) is 0.562. The fourth-order valence-corrected chi connectivity index (χ4v) is 2.84. The second-order valence-electron chi connectivity index (χ2n) is 5.23. The first-order valence-electron chi connectivity index (χ1n) is 7.03. The lowest BCUT2D eigenvalue weighted by molar-refractivity contribution is 0.385. The van der Waals surface area contributed by atoms with Gasteiger partial charge in [0, 0.05) is 12.1 Å². The monoisotopic (exact) mass is 242 g/mol. The Labute approximate surface area is 110 Å². The zero-order chi connectivity index (χ0) is 12.8. The molecule has 1 aliphatic rings. The van der Waals surface area contributed by atoms with E-state index in [1.807, 2.05) is 0 Å². The first kappa shape index (κ1) is 13.1. The van der Waals surface area contributed by atoms with Crippen LogP contribution in [0.25, 0.3) is 0 Å². The Morgan fingerprint density at radius 1 is 1.33 bits per heavy atom. The number of rotatable bonds is 5. The van der Waals surface area contributed by atoms with Gasteiger partial charge in [-0.1, -0.05) is 43.7 Å². The molecule has 2 heteroatoms. The molecule has 0 spiro atoms. The van der Waals surface area contributed by atoms with Crippen molar-refractivity contribution in [3.63, 3.8) is 0 Å². The molecule has 0 heterocycles. The predicted molar refractivity (Wildman–Crippen MR) is 74.1 cm³/mol. The molecule has 3 unspecified atom stereocenters. The van der Waals surface area contributed by atoms with E-state index in [2.05, 4.69) is 48.6 Å². The maximum Gasteiger partial charge on any atom is 0.0672 e. The summed E-state index contributed by atoms with van der Waals surface area (Å²) in [6.45, 7) is 2.22. The third kappa shape index (κ3) is 3.34. The molecule has 0 bridgehead atoms. The second kappa shape index (κ2) is 6.56. The van der Waals surface area contributed by atoms with Crippen LogP contribution < -0.4 is 5.32 Å². The van der Waals surface area contributed by atoms with Gasteiger partial charge in [0.25, 0.3) is 0 Å². The molecule has 1 fully saturated rings. The van der Waals surface area contributed by atoms with Gasteiger partial charge in [-0.2, -0.15) is 5.26 Å². The summed E-state index contributed by atoms with van der Waals surface area (Å²) in [4.78, 5) is 0. The van der Waals surface area contributed by atoms with Crippen LogP contribution in [0.2, 0.25) is 0 Å². The molecule has 0 saturated heterocycles. The van der Waals surface area contributed by atoms with E-state index >= 15 is 0 Å². The van der Waals surface area contributed by atoms with Gasteiger partial charge in [-0.15, -0.1) is 0 Å². The van der Waals surface area contributed by atoms with Gasteiger partial charge in [-0.25, -0.2) is 0 Å². The highest BCUT2D eigenvalue weighted by Crippen LogP contribution is 2.25. The van der Waals surface area contributed by atoms with Crippen LogP contribution in [0.3, 0.4) is 0 Å². The molecule has 1 aliphatic carbocycles. The molecule has 0 aliphatic heterocycles. The average molecular weight is 242 g/mol. The largest absolute Gasteiger partial charge is 0.310 e. The molecule has 0 radical (unpaired) electrons. The summed E-state index contributed by atoms with van der Waals surface area (Å²) in [6.07, 6.45) is 5.59. The lowest BCUT2D eigenvalue weighted by Crippen LogP contribution is -2.41. The molecule has 1 N–H and O–H groups in total. The van der Waals surface area contributed by atoms with E-state index in [0.29, 0.717) is 12.1 Å². The van der Waals surface area contributed by atoms with Crippen molar-refractivity contribution in [1.29, 1.82) is 5.26 Å². The zero-order valence-electron chi connectivity index (χ0n) is 11.1. The molecule has 1 aromatic carbocycles. The van der Waals surface area contributed by atoms with Crippen LogP contribution in [0.5, 0.6) is 0 Å². The van der Waals surface area contributed by atoms with Crippen LogP contribution >= 0.6 is 0 Å². The van der Waals surface area contributed by atoms with E-state index in [1.54, 1.807) is 0 Å². The Morgan fingerprint density at radius 3 is 2.78 bits per heavy atom. The molecule has 18 heavy (non-hydrogen) atoms. The van der Waals surface area contributed by atoms with Crippen molar-refractivity contribution < 1.29 is 0 Å². The third-order valence-electron chi connectivity index (χ3n) is 3.95. The molecule has 2 rings (SSSR count). The second-order valence-corrected chi connectivity index (χ2v) is 5.23. The Morgan fingerprint density at radius 2 is 2.11 bits per heavy atom. The Hall–Kier alpha value is -1.33. The Kier molecular flexibility index (Phi) is 4.78. The third-order valence-corrected chi connectivity index (χ3v) is 3.95. The predicted octanol–water partition coefficient (Wildman–Crippen LogP) is 3.29. The summed E-state index contributed by atoms with van der Waals surface area (Å²) < 4.78 is 0. The van der Waals surface area contributed by atoms with Crippen molar-refractivity contribution in [2.24, 2.45) is 5.92 Å². The van der Waals surface area contributed by atoms with E-state index in [9.17, 15) is 0 Å². The molecule has 0 aromatic heterocycles. The van der Waals surface area contributed by atoms with Crippen LogP contribution in [-0.4, -0.2) is 12.1 Å². The van der Waals surface area contributed by atoms with Crippen LogP contribution in [0.1, 0.15) is 38.2 Å². The van der Waals surface area contributed by atoms with Crippen LogP contribution in [-0.2, 0) is 6.42 Å². The smallest absolute Gasteiger partial charge is 0.0672 e. The molecule has 0 amide bonds. The van der Waals surface area contributed by atoms with Crippen molar-refractivity contribution >= 4 is 0 Å². The highest BCUT2D eigenvalue weighted by molar-refractivity contribution is 5.16. The van der Waals surface area contributed by atoms with Crippen molar-refractivity contribution in [2.75, 3.05) is 0 Å². The van der Waals surface area contributed by atoms with E-state index in [0.717, 1.165) is 25.7 Å². The standard InChI is InChI=1S/C16H22N2/c1-2-15(11-13-7-4-3-5-8-13)18-16-10-6-9-14(16)12-17/h3-5,7-8,14-16,18H,2,6,9-11H2,1H3. The van der Waals surface area contributed by atoms with Crippen LogP contribution in [0, 0.1) is 17.2 Å². The number of nitrogens with zero attached hydrogens (tertiary/aromatic N) is 1.